The molecule has 0 unspecified atom stereocenters. The highest BCUT2D eigenvalue weighted by Gasteiger charge is 1.99. The Balaban J connectivity index is 2.47. The Kier molecular flexibility index (Phi) is 5.92. The second kappa shape index (κ2) is 7.27. The minimum absolute atomic E-state index is 1.11. The predicted octanol–water partition coefficient (Wildman–Crippen LogP) is 4.74. The van der Waals surface area contributed by atoms with Crippen LogP contribution in [0.25, 0.3) is 0 Å². The maximum Gasteiger partial charge on any atom is -0.0222 e. The van der Waals surface area contributed by atoms with Crippen LogP contribution in [-0.2, 0) is 12.8 Å². The van der Waals surface area contributed by atoms with Gasteiger partial charge in [-0.1, -0.05) is 50.3 Å². The summed E-state index contributed by atoms with van der Waals surface area (Å²) in [5, 5.41) is 0. The van der Waals surface area contributed by atoms with E-state index in [1.807, 2.05) is 0 Å². The number of hydrogen-bond donors (Lipinski definition) is 0. The summed E-state index contributed by atoms with van der Waals surface area (Å²) < 4.78 is 0. The summed E-state index contributed by atoms with van der Waals surface area (Å²) in [5.41, 5.74) is 2.92. The zero-order valence-electron chi connectivity index (χ0n) is 10.8. The van der Waals surface area contributed by atoms with E-state index < -0.39 is 0 Å². The average molecular weight is 215 g/mol. The van der Waals surface area contributed by atoms with Crippen LogP contribution in [0.5, 0.6) is 0 Å². The van der Waals surface area contributed by atoms with Crippen LogP contribution in [0.4, 0.5) is 0 Å². The van der Waals surface area contributed by atoms with Gasteiger partial charge in [0.1, 0.15) is 0 Å². The van der Waals surface area contributed by atoms with Crippen LogP contribution >= 0.6 is 0 Å². The number of aryl methyl sites for hydroxylation is 1. The molecule has 0 aliphatic rings. The molecule has 16 heavy (non-hydrogen) atoms. The molecule has 1 radical (unpaired) electrons. The topological polar surface area (TPSA) is 0 Å². The molecule has 1 aromatic carbocycles. The van der Waals surface area contributed by atoms with E-state index in [-0.39, 0.29) is 0 Å². The van der Waals surface area contributed by atoms with Gasteiger partial charge >= 0.3 is 0 Å². The molecule has 0 fully saturated rings. The molecule has 0 N–H and O–H groups in total. The van der Waals surface area contributed by atoms with Gasteiger partial charge in [0.2, 0.25) is 0 Å². The van der Waals surface area contributed by atoms with Crippen molar-refractivity contribution in [3.63, 3.8) is 0 Å². The van der Waals surface area contributed by atoms with Crippen molar-refractivity contribution in [2.75, 3.05) is 0 Å². The van der Waals surface area contributed by atoms with Crippen molar-refractivity contribution in [1.29, 1.82) is 0 Å². The Morgan fingerprint density at radius 2 is 1.94 bits per heavy atom. The minimum atomic E-state index is 1.11. The van der Waals surface area contributed by atoms with E-state index in [4.69, 9.17) is 0 Å². The van der Waals surface area contributed by atoms with Crippen LogP contribution in [0.1, 0.15) is 44.7 Å². The number of allylic oxidation sites excluding steroid dienone is 2. The summed E-state index contributed by atoms with van der Waals surface area (Å²) in [6.07, 6.45) is 9.13. The van der Waals surface area contributed by atoms with E-state index in [0.29, 0.717) is 0 Å². The van der Waals surface area contributed by atoms with Crippen molar-refractivity contribution in [2.45, 2.75) is 46.5 Å². The minimum Gasteiger partial charge on any atom is -0.0917 e. The first-order valence-corrected chi connectivity index (χ1v) is 6.20. The summed E-state index contributed by atoms with van der Waals surface area (Å²) >= 11 is 0. The van der Waals surface area contributed by atoms with Crippen molar-refractivity contribution in [3.05, 3.63) is 53.5 Å². The average Bonchev–Trinajstić information content (AvgIpc) is 2.24. The third-order valence-corrected chi connectivity index (χ3v) is 2.62. The van der Waals surface area contributed by atoms with E-state index >= 15 is 0 Å². The monoisotopic (exact) mass is 215 g/mol. The first-order chi connectivity index (χ1) is 7.72. The Morgan fingerprint density at radius 1 is 1.19 bits per heavy atom. The molecule has 0 aliphatic carbocycles. The lowest BCUT2D eigenvalue weighted by Gasteiger charge is -2.06. The second-order valence-corrected chi connectivity index (χ2v) is 4.67. The van der Waals surface area contributed by atoms with E-state index in [1.54, 1.807) is 0 Å². The van der Waals surface area contributed by atoms with Gasteiger partial charge < -0.3 is 0 Å². The third-order valence-electron chi connectivity index (χ3n) is 2.62. The summed E-state index contributed by atoms with van der Waals surface area (Å²) in [5.74, 6) is 1.48. The van der Waals surface area contributed by atoms with Gasteiger partial charge in [-0.05, 0) is 49.7 Å². The molecule has 87 valence electrons. The van der Waals surface area contributed by atoms with Crippen molar-refractivity contribution in [2.24, 2.45) is 0 Å². The number of benzene rings is 1. The Morgan fingerprint density at radius 3 is 2.62 bits per heavy atom. The molecule has 0 aliphatic heterocycles. The van der Waals surface area contributed by atoms with Gasteiger partial charge in [-0.2, -0.15) is 0 Å². The molecule has 0 saturated heterocycles. The number of unbranched alkanes of at least 4 members (excludes halogenated alkanes) is 1. The van der Waals surface area contributed by atoms with Crippen molar-refractivity contribution in [1.82, 2.24) is 0 Å². The van der Waals surface area contributed by atoms with Gasteiger partial charge in [-0.15, -0.1) is 0 Å². The normalized spacial score (nSPS) is 11.5. The molecule has 0 heterocycles. The molecule has 0 heteroatoms. The fraction of sp³-hybridized carbons (Fsp3) is 0.438. The lowest BCUT2D eigenvalue weighted by atomic mass is 9.99. The Hall–Kier alpha value is -1.04. The standard InChI is InChI=1S/C16H23/c1-4-5-6-7-9-15-10-8-11-16(13-15)12-14(2)3/h4-5,8,10-11,13H,6-7,9,12H2,1-3H3. The fourth-order valence-electron chi connectivity index (χ4n) is 1.89. The van der Waals surface area contributed by atoms with Gasteiger partial charge in [-0.3, -0.25) is 0 Å². The molecule has 0 aromatic heterocycles. The first-order valence-electron chi connectivity index (χ1n) is 6.20. The predicted molar refractivity (Wildman–Crippen MR) is 72.5 cm³/mol. The highest BCUT2D eigenvalue weighted by Crippen LogP contribution is 2.13. The van der Waals surface area contributed by atoms with Crippen LogP contribution in [0, 0.1) is 5.92 Å². The van der Waals surface area contributed by atoms with Gasteiger partial charge in [0, 0.05) is 0 Å². The number of hydrogen-bond acceptors (Lipinski definition) is 0. The molecule has 0 amide bonds. The van der Waals surface area contributed by atoms with Crippen LogP contribution in [0.3, 0.4) is 0 Å². The lowest BCUT2D eigenvalue weighted by Crippen LogP contribution is -1.93. The van der Waals surface area contributed by atoms with Crippen molar-refractivity contribution < 1.29 is 0 Å². The van der Waals surface area contributed by atoms with E-state index in [9.17, 15) is 0 Å². The van der Waals surface area contributed by atoms with Gasteiger partial charge in [-0.25, -0.2) is 0 Å². The summed E-state index contributed by atoms with van der Waals surface area (Å²) in [6, 6.07) is 9.00. The maximum absolute atomic E-state index is 2.35. The molecule has 0 saturated carbocycles. The van der Waals surface area contributed by atoms with Gasteiger partial charge in [0.05, 0.1) is 0 Å². The summed E-state index contributed by atoms with van der Waals surface area (Å²) in [4.78, 5) is 0. The molecule has 1 aromatic rings. The molecule has 1 rings (SSSR count). The molecule has 0 bridgehead atoms. The molecular formula is C16H23. The third kappa shape index (κ3) is 5.16. The number of rotatable bonds is 6. The summed E-state index contributed by atoms with van der Waals surface area (Å²) in [6.45, 7) is 6.47. The highest BCUT2D eigenvalue weighted by molar-refractivity contribution is 5.25. The van der Waals surface area contributed by atoms with Gasteiger partial charge in [0.15, 0.2) is 0 Å². The van der Waals surface area contributed by atoms with E-state index in [0.717, 1.165) is 6.42 Å². The maximum atomic E-state index is 2.35. The van der Waals surface area contributed by atoms with E-state index in [1.165, 1.54) is 36.3 Å². The molecule has 0 atom stereocenters. The second-order valence-electron chi connectivity index (χ2n) is 4.67. The zero-order valence-corrected chi connectivity index (χ0v) is 10.8. The molecular weight excluding hydrogens is 192 g/mol. The zero-order chi connectivity index (χ0) is 11.8. The van der Waals surface area contributed by atoms with Crippen molar-refractivity contribution >= 4 is 0 Å². The Labute approximate surface area is 100 Å². The lowest BCUT2D eigenvalue weighted by molar-refractivity contribution is 0.838. The van der Waals surface area contributed by atoms with Crippen molar-refractivity contribution in [3.8, 4) is 0 Å². The smallest absolute Gasteiger partial charge is 0.0222 e. The highest BCUT2D eigenvalue weighted by atomic mass is 14.0. The van der Waals surface area contributed by atoms with Crippen LogP contribution < -0.4 is 0 Å². The molecule has 0 nitrogen and oxygen atoms in total. The molecule has 0 spiro atoms. The van der Waals surface area contributed by atoms with E-state index in [2.05, 4.69) is 57.2 Å². The quantitative estimate of drug-likeness (QED) is 0.475. The summed E-state index contributed by atoms with van der Waals surface area (Å²) in [7, 11) is 0. The van der Waals surface area contributed by atoms with Crippen LogP contribution in [-0.4, -0.2) is 0 Å². The first kappa shape index (κ1) is 13.0. The Bertz CT molecular complexity index is 321. The van der Waals surface area contributed by atoms with Crippen LogP contribution in [0.15, 0.2) is 36.4 Å². The fourth-order valence-corrected chi connectivity index (χ4v) is 1.89. The van der Waals surface area contributed by atoms with Gasteiger partial charge in [0.25, 0.3) is 0 Å². The van der Waals surface area contributed by atoms with Crippen LogP contribution in [0.2, 0.25) is 0 Å². The SMILES string of the molecule is CC=CCCCc1cccc(C[C](C)C)c1. The largest absolute Gasteiger partial charge is 0.0917 e.